The van der Waals surface area contributed by atoms with Crippen LogP contribution >= 0.6 is 0 Å². The molecule has 1 heteroatoms. The first-order valence-corrected chi connectivity index (χ1v) is 6.47. The maximum absolute atomic E-state index is 3.75. The van der Waals surface area contributed by atoms with E-state index in [-0.39, 0.29) is 0 Å². The Bertz CT molecular complexity index is 164. The molecule has 0 aromatic rings. The fourth-order valence-corrected chi connectivity index (χ4v) is 3.01. The minimum atomic E-state index is 0.826. The smallest absolute Gasteiger partial charge is 0.00721 e. The molecule has 0 aliphatic heterocycles. The molecule has 0 saturated heterocycles. The summed E-state index contributed by atoms with van der Waals surface area (Å²) in [7, 11) is 0. The molecule has 2 saturated carbocycles. The standard InChI is InChI=1S/C13H25N/c1-10-7-11(2)9-13(8-10)14-6-5-12-3-4-12/h10-14H,3-9H2,1-2H3. The van der Waals surface area contributed by atoms with E-state index in [4.69, 9.17) is 0 Å². The van der Waals surface area contributed by atoms with Crippen molar-refractivity contribution in [1.29, 1.82) is 0 Å². The van der Waals surface area contributed by atoms with Crippen LogP contribution < -0.4 is 5.32 Å². The summed E-state index contributed by atoms with van der Waals surface area (Å²) < 4.78 is 0. The van der Waals surface area contributed by atoms with Crippen LogP contribution in [0.25, 0.3) is 0 Å². The Morgan fingerprint density at radius 2 is 1.64 bits per heavy atom. The quantitative estimate of drug-likeness (QED) is 0.726. The van der Waals surface area contributed by atoms with Crippen LogP contribution in [0.5, 0.6) is 0 Å². The van der Waals surface area contributed by atoms with E-state index in [1.165, 1.54) is 45.1 Å². The fourth-order valence-electron chi connectivity index (χ4n) is 3.01. The predicted molar refractivity (Wildman–Crippen MR) is 61.3 cm³/mol. The van der Waals surface area contributed by atoms with E-state index in [1.807, 2.05) is 0 Å². The van der Waals surface area contributed by atoms with Gasteiger partial charge in [0.25, 0.3) is 0 Å². The van der Waals surface area contributed by atoms with Gasteiger partial charge in [0, 0.05) is 6.04 Å². The Morgan fingerprint density at radius 3 is 2.21 bits per heavy atom. The first-order chi connectivity index (χ1) is 6.74. The predicted octanol–water partition coefficient (Wildman–Crippen LogP) is 3.20. The first-order valence-electron chi connectivity index (χ1n) is 6.47. The maximum atomic E-state index is 3.75. The van der Waals surface area contributed by atoms with E-state index in [0.29, 0.717) is 0 Å². The number of nitrogens with one attached hydrogen (secondary N) is 1. The SMILES string of the molecule is CC1CC(C)CC(NCCC2CC2)C1. The molecule has 0 aromatic heterocycles. The molecule has 0 amide bonds. The number of rotatable bonds is 4. The second kappa shape index (κ2) is 4.65. The molecule has 2 atom stereocenters. The maximum Gasteiger partial charge on any atom is 0.00721 e. The summed E-state index contributed by atoms with van der Waals surface area (Å²) in [5.74, 6) is 2.97. The van der Waals surface area contributed by atoms with E-state index >= 15 is 0 Å². The van der Waals surface area contributed by atoms with E-state index in [2.05, 4.69) is 19.2 Å². The summed E-state index contributed by atoms with van der Waals surface area (Å²) in [6.45, 7) is 6.09. The van der Waals surface area contributed by atoms with Gasteiger partial charge in [0.15, 0.2) is 0 Å². The van der Waals surface area contributed by atoms with Gasteiger partial charge < -0.3 is 5.32 Å². The molecule has 2 aliphatic carbocycles. The lowest BCUT2D eigenvalue weighted by Crippen LogP contribution is -2.36. The third kappa shape index (κ3) is 3.27. The highest BCUT2D eigenvalue weighted by molar-refractivity contribution is 4.81. The van der Waals surface area contributed by atoms with E-state index in [0.717, 1.165) is 23.8 Å². The lowest BCUT2D eigenvalue weighted by Gasteiger charge is -2.32. The van der Waals surface area contributed by atoms with Crippen molar-refractivity contribution in [3.63, 3.8) is 0 Å². The highest BCUT2D eigenvalue weighted by Crippen LogP contribution is 2.32. The summed E-state index contributed by atoms with van der Waals surface area (Å²) in [5.41, 5.74) is 0. The molecule has 2 unspecified atom stereocenters. The van der Waals surface area contributed by atoms with Gasteiger partial charge in [0.2, 0.25) is 0 Å². The van der Waals surface area contributed by atoms with Gasteiger partial charge in [-0.05, 0) is 50.0 Å². The molecule has 0 heterocycles. The zero-order valence-electron chi connectivity index (χ0n) is 9.76. The second-order valence-corrected chi connectivity index (χ2v) is 5.80. The molecule has 1 N–H and O–H groups in total. The highest BCUT2D eigenvalue weighted by Gasteiger charge is 2.24. The Balaban J connectivity index is 1.62. The summed E-state index contributed by atoms with van der Waals surface area (Å²) in [6, 6.07) is 0.826. The topological polar surface area (TPSA) is 12.0 Å². The molecule has 0 aromatic carbocycles. The molecule has 82 valence electrons. The minimum absolute atomic E-state index is 0.826. The summed E-state index contributed by atoms with van der Waals surface area (Å²) in [4.78, 5) is 0. The Kier molecular flexibility index (Phi) is 3.48. The van der Waals surface area contributed by atoms with Crippen LogP contribution in [-0.4, -0.2) is 12.6 Å². The van der Waals surface area contributed by atoms with Crippen molar-refractivity contribution >= 4 is 0 Å². The summed E-state index contributed by atoms with van der Waals surface area (Å²) >= 11 is 0. The van der Waals surface area contributed by atoms with E-state index in [1.54, 1.807) is 0 Å². The van der Waals surface area contributed by atoms with Crippen LogP contribution in [0.15, 0.2) is 0 Å². The minimum Gasteiger partial charge on any atom is -0.314 e. The molecule has 2 aliphatic rings. The highest BCUT2D eigenvalue weighted by atomic mass is 14.9. The zero-order chi connectivity index (χ0) is 9.97. The molecule has 0 bridgehead atoms. The molecule has 0 spiro atoms. The number of hydrogen-bond donors (Lipinski definition) is 1. The van der Waals surface area contributed by atoms with Gasteiger partial charge in [-0.3, -0.25) is 0 Å². The van der Waals surface area contributed by atoms with Gasteiger partial charge in [-0.2, -0.15) is 0 Å². The second-order valence-electron chi connectivity index (χ2n) is 5.80. The third-order valence-electron chi connectivity index (χ3n) is 3.86. The molecule has 2 rings (SSSR count). The van der Waals surface area contributed by atoms with Crippen LogP contribution in [0, 0.1) is 17.8 Å². The van der Waals surface area contributed by atoms with Gasteiger partial charge in [-0.1, -0.05) is 26.7 Å². The first kappa shape index (κ1) is 10.5. The average molecular weight is 195 g/mol. The lowest BCUT2D eigenvalue weighted by atomic mass is 9.80. The molecule has 14 heavy (non-hydrogen) atoms. The van der Waals surface area contributed by atoms with Crippen molar-refractivity contribution < 1.29 is 0 Å². The monoisotopic (exact) mass is 195 g/mol. The van der Waals surface area contributed by atoms with E-state index in [9.17, 15) is 0 Å². The molecule has 0 radical (unpaired) electrons. The molecule has 1 nitrogen and oxygen atoms in total. The third-order valence-corrected chi connectivity index (χ3v) is 3.86. The lowest BCUT2D eigenvalue weighted by molar-refractivity contribution is 0.238. The van der Waals surface area contributed by atoms with Crippen LogP contribution in [0.3, 0.4) is 0 Å². The van der Waals surface area contributed by atoms with Crippen molar-refractivity contribution in [2.24, 2.45) is 17.8 Å². The van der Waals surface area contributed by atoms with Gasteiger partial charge in [0.1, 0.15) is 0 Å². The van der Waals surface area contributed by atoms with Crippen LogP contribution in [-0.2, 0) is 0 Å². The number of hydrogen-bond acceptors (Lipinski definition) is 1. The van der Waals surface area contributed by atoms with Crippen molar-refractivity contribution in [2.45, 2.75) is 58.4 Å². The Morgan fingerprint density at radius 1 is 1.00 bits per heavy atom. The van der Waals surface area contributed by atoms with E-state index < -0.39 is 0 Å². The average Bonchev–Trinajstić information content (AvgIpc) is 2.86. The molecular formula is C13H25N. The van der Waals surface area contributed by atoms with Crippen molar-refractivity contribution in [3.8, 4) is 0 Å². The summed E-state index contributed by atoms with van der Waals surface area (Å²) in [6.07, 6.45) is 8.70. The van der Waals surface area contributed by atoms with Crippen LogP contribution in [0.4, 0.5) is 0 Å². The van der Waals surface area contributed by atoms with Gasteiger partial charge in [-0.25, -0.2) is 0 Å². The normalized spacial score (nSPS) is 38.6. The summed E-state index contributed by atoms with van der Waals surface area (Å²) in [5, 5.41) is 3.75. The zero-order valence-corrected chi connectivity index (χ0v) is 9.76. The van der Waals surface area contributed by atoms with Crippen molar-refractivity contribution in [3.05, 3.63) is 0 Å². The van der Waals surface area contributed by atoms with Crippen LogP contribution in [0.2, 0.25) is 0 Å². The fraction of sp³-hybridized carbons (Fsp3) is 1.00. The van der Waals surface area contributed by atoms with Crippen LogP contribution in [0.1, 0.15) is 52.4 Å². The van der Waals surface area contributed by atoms with Crippen molar-refractivity contribution in [1.82, 2.24) is 5.32 Å². The largest absolute Gasteiger partial charge is 0.314 e. The molecular weight excluding hydrogens is 170 g/mol. The van der Waals surface area contributed by atoms with Crippen molar-refractivity contribution in [2.75, 3.05) is 6.54 Å². The molecule has 2 fully saturated rings. The van der Waals surface area contributed by atoms with Gasteiger partial charge in [0.05, 0.1) is 0 Å². The van der Waals surface area contributed by atoms with Gasteiger partial charge >= 0.3 is 0 Å². The Hall–Kier alpha value is -0.0400. The Labute approximate surface area is 88.7 Å². The van der Waals surface area contributed by atoms with Gasteiger partial charge in [-0.15, -0.1) is 0 Å².